The summed E-state index contributed by atoms with van der Waals surface area (Å²) in [6, 6.07) is 20.5. The molecule has 6 rings (SSSR count). The van der Waals surface area contributed by atoms with Crippen molar-refractivity contribution < 1.29 is 33.5 Å². The van der Waals surface area contributed by atoms with E-state index in [0.29, 0.717) is 35.5 Å². The van der Waals surface area contributed by atoms with E-state index in [1.807, 2.05) is 60.7 Å². The molecule has 268 valence electrons. The molecule has 0 saturated carbocycles. The number of halogens is 3. The first-order chi connectivity index (χ1) is 22.6. The van der Waals surface area contributed by atoms with Crippen LogP contribution in [-0.2, 0) is 0 Å². The van der Waals surface area contributed by atoms with Crippen molar-refractivity contribution in [1.29, 1.82) is 0 Å². The van der Waals surface area contributed by atoms with E-state index in [2.05, 4.69) is 40.4 Å². The van der Waals surface area contributed by atoms with Crippen molar-refractivity contribution >= 4 is 35.6 Å². The van der Waals surface area contributed by atoms with Crippen LogP contribution in [0.3, 0.4) is 0 Å². The van der Waals surface area contributed by atoms with Crippen molar-refractivity contribution in [3.05, 3.63) is 101 Å². The summed E-state index contributed by atoms with van der Waals surface area (Å²) in [5.74, 6) is 2.94. The number of anilines is 2. The van der Waals surface area contributed by atoms with E-state index in [-0.39, 0.29) is 49.4 Å². The van der Waals surface area contributed by atoms with Gasteiger partial charge in [-0.2, -0.15) is 0 Å². The molecule has 11 nitrogen and oxygen atoms in total. The average Bonchev–Trinajstić information content (AvgIpc) is 3.10. The minimum atomic E-state index is -0.161. The first kappa shape index (κ1) is 42.0. The smallest absolute Gasteiger partial charge is 0.290 e. The molecule has 0 bridgehead atoms. The fraction of sp³-hybridized carbons (Fsp3) is 0.429. The van der Waals surface area contributed by atoms with E-state index in [0.717, 1.165) is 83.1 Å². The molecule has 0 atom stereocenters. The predicted molar refractivity (Wildman–Crippen MR) is 196 cm³/mol. The zero-order chi connectivity index (χ0) is 31.8. The third kappa shape index (κ3) is 14.7. The molecule has 0 unspecified atom stereocenters. The fourth-order valence-corrected chi connectivity index (χ4v) is 5.64. The molecule has 0 radical (unpaired) electrons. The first-order valence-corrected chi connectivity index (χ1v) is 16.3. The molecule has 3 N–H and O–H groups in total. The largest absolute Gasteiger partial charge is 1.00 e. The highest BCUT2D eigenvalue weighted by Gasteiger charge is 2.21. The Morgan fingerprint density at radius 1 is 0.714 bits per heavy atom. The molecule has 2 saturated heterocycles. The van der Waals surface area contributed by atoms with Crippen LogP contribution < -0.4 is 49.6 Å². The second-order valence-electron chi connectivity index (χ2n) is 11.3. The van der Waals surface area contributed by atoms with Gasteiger partial charge in [0.1, 0.15) is 24.7 Å². The van der Waals surface area contributed by atoms with Gasteiger partial charge in [-0.3, -0.25) is 14.6 Å². The van der Waals surface area contributed by atoms with Gasteiger partial charge < -0.3 is 49.1 Å². The van der Waals surface area contributed by atoms with Crippen molar-refractivity contribution in [2.75, 3.05) is 63.1 Å². The van der Waals surface area contributed by atoms with Gasteiger partial charge >= 0.3 is 0 Å². The number of piperidine rings is 2. The summed E-state index contributed by atoms with van der Waals surface area (Å²) in [5, 5.41) is 7.06. The lowest BCUT2D eigenvalue weighted by molar-refractivity contribution is -0.0000110. The van der Waals surface area contributed by atoms with Crippen LogP contribution in [0.5, 0.6) is 11.5 Å². The quantitative estimate of drug-likeness (QED) is 0.184. The minimum absolute atomic E-state index is 0. The second-order valence-corrected chi connectivity index (χ2v) is 11.7. The molecule has 14 heteroatoms. The minimum Gasteiger partial charge on any atom is -1.00 e. The molecule has 49 heavy (non-hydrogen) atoms. The Morgan fingerprint density at radius 3 is 1.63 bits per heavy atom. The standard InChI is InChI=1S/C17H21ClN4O.C17H22N4O2.CH4.ClH.HI/c18-16-17(20-9-8-19-16)21-14-6-10-22(11-7-14)12-13-23-15-4-2-1-3-5-15;22-17-16(18-8-9-19-17)20-14-6-10-21(11-7-14)12-13-23-15-4-2-1-3-5-15;;;/h1-5,8-9,14H,6-7,10-13H2,(H,20,21);1-5,8-9,14H,6-7,10-13H2,(H,18,20)(H,19,22);1H4;2*1H/p-1. The van der Waals surface area contributed by atoms with E-state index >= 15 is 0 Å². The number of nitrogens with zero attached hydrogens (tertiary/aromatic N) is 5. The lowest BCUT2D eigenvalue weighted by Gasteiger charge is -2.32. The summed E-state index contributed by atoms with van der Waals surface area (Å²) in [4.78, 5) is 31.4. The maximum Gasteiger partial charge on any atom is 0.290 e. The number of benzene rings is 2. The molecule has 2 aromatic carbocycles. The number of aromatic nitrogens is 4. The normalized spacial score (nSPS) is 15.2. The molecular weight excluding hydrogens is 778 g/mol. The van der Waals surface area contributed by atoms with E-state index in [9.17, 15) is 4.79 Å². The Morgan fingerprint density at radius 2 is 1.16 bits per heavy atom. The van der Waals surface area contributed by atoms with Gasteiger partial charge in [0.15, 0.2) is 16.8 Å². The van der Waals surface area contributed by atoms with Gasteiger partial charge in [-0.15, -0.1) is 12.4 Å². The van der Waals surface area contributed by atoms with E-state index in [4.69, 9.17) is 21.1 Å². The Kier molecular flexibility index (Phi) is 19.9. The van der Waals surface area contributed by atoms with Gasteiger partial charge in [0.2, 0.25) is 0 Å². The van der Waals surface area contributed by atoms with E-state index in [1.165, 1.54) is 0 Å². The lowest BCUT2D eigenvalue weighted by atomic mass is 10.1. The van der Waals surface area contributed by atoms with Crippen LogP contribution >= 0.6 is 24.0 Å². The summed E-state index contributed by atoms with van der Waals surface area (Å²) in [6.45, 7) is 7.39. The first-order valence-electron chi connectivity index (χ1n) is 16.0. The third-order valence-corrected chi connectivity index (χ3v) is 8.33. The number of rotatable bonds is 12. The van der Waals surface area contributed by atoms with Crippen molar-refractivity contribution in [2.45, 2.75) is 45.2 Å². The topological polar surface area (TPSA) is 121 Å². The van der Waals surface area contributed by atoms with Crippen molar-refractivity contribution in [3.63, 3.8) is 0 Å². The zero-order valence-electron chi connectivity index (χ0n) is 26.8. The monoisotopic (exact) mass is 825 g/mol. The summed E-state index contributed by atoms with van der Waals surface area (Å²) >= 11 is 6.04. The second kappa shape index (κ2) is 23.3. The Bertz CT molecular complexity index is 1490. The average molecular weight is 827 g/mol. The Hall–Kier alpha value is -3.17. The maximum atomic E-state index is 11.6. The van der Waals surface area contributed by atoms with Gasteiger partial charge in [0.05, 0.1) is 0 Å². The van der Waals surface area contributed by atoms with Crippen LogP contribution in [0.25, 0.3) is 0 Å². The summed E-state index contributed by atoms with van der Waals surface area (Å²) in [6.07, 6.45) is 10.5. The molecule has 2 fully saturated rings. The predicted octanol–water partition coefficient (Wildman–Crippen LogP) is 2.87. The number of likely N-dealkylation sites (tertiary alicyclic amines) is 2. The molecular formula is C35H48Cl2IN8O3-. The summed E-state index contributed by atoms with van der Waals surface area (Å²) in [5.41, 5.74) is -0.161. The zero-order valence-corrected chi connectivity index (χ0v) is 30.6. The van der Waals surface area contributed by atoms with Crippen LogP contribution in [0.2, 0.25) is 5.15 Å². The van der Waals surface area contributed by atoms with Crippen LogP contribution in [-0.4, -0.2) is 94.3 Å². The molecule has 2 aliphatic heterocycles. The summed E-state index contributed by atoms with van der Waals surface area (Å²) < 4.78 is 11.5. The number of para-hydroxylation sites is 2. The van der Waals surface area contributed by atoms with E-state index in [1.54, 1.807) is 24.8 Å². The van der Waals surface area contributed by atoms with Gasteiger partial charge in [-0.05, 0) is 49.9 Å². The molecule has 2 aromatic heterocycles. The third-order valence-electron chi connectivity index (χ3n) is 8.06. The fourth-order valence-electron chi connectivity index (χ4n) is 5.48. The SMILES string of the molecule is C.Cl.Clc1nccnc1NC1CCN(CCOc2ccccc2)CC1.O=c1[nH]ccnc1NC1CCN(CCOc2ccccc2)CC1.[I-]. The molecule has 2 aliphatic rings. The Labute approximate surface area is 318 Å². The number of ether oxygens (including phenoxy) is 2. The van der Waals surface area contributed by atoms with Crippen LogP contribution in [0.1, 0.15) is 33.1 Å². The van der Waals surface area contributed by atoms with Gasteiger partial charge in [0.25, 0.3) is 5.56 Å². The molecule has 0 aliphatic carbocycles. The van der Waals surface area contributed by atoms with Gasteiger partial charge in [0, 0.05) is 76.1 Å². The highest BCUT2D eigenvalue weighted by atomic mass is 127. The van der Waals surface area contributed by atoms with Crippen molar-refractivity contribution in [3.8, 4) is 11.5 Å². The molecule has 0 amide bonds. The Balaban J connectivity index is 0.000000321. The van der Waals surface area contributed by atoms with Gasteiger partial charge in [-0.25, -0.2) is 15.0 Å². The molecule has 4 heterocycles. The number of hydrogen-bond donors (Lipinski definition) is 3. The maximum absolute atomic E-state index is 11.6. The number of H-pyrrole nitrogens is 1. The summed E-state index contributed by atoms with van der Waals surface area (Å²) in [7, 11) is 0. The van der Waals surface area contributed by atoms with Crippen molar-refractivity contribution in [1.82, 2.24) is 29.7 Å². The van der Waals surface area contributed by atoms with Crippen LogP contribution in [0, 0.1) is 0 Å². The van der Waals surface area contributed by atoms with Crippen LogP contribution in [0.15, 0.2) is 90.2 Å². The number of aromatic amines is 1. The van der Waals surface area contributed by atoms with Crippen molar-refractivity contribution in [2.24, 2.45) is 0 Å². The highest BCUT2D eigenvalue weighted by Crippen LogP contribution is 2.20. The number of hydrogen-bond acceptors (Lipinski definition) is 10. The highest BCUT2D eigenvalue weighted by molar-refractivity contribution is 6.31. The lowest BCUT2D eigenvalue weighted by Crippen LogP contribution is -3.00. The van der Waals surface area contributed by atoms with Gasteiger partial charge in [-0.1, -0.05) is 55.4 Å². The van der Waals surface area contributed by atoms with E-state index < -0.39 is 0 Å². The molecule has 4 aromatic rings. The number of nitrogens with one attached hydrogen (secondary N) is 3. The molecule has 0 spiro atoms. The van der Waals surface area contributed by atoms with Crippen LogP contribution in [0.4, 0.5) is 11.6 Å².